The van der Waals surface area contributed by atoms with Crippen LogP contribution in [0, 0.1) is 17.3 Å². The van der Waals surface area contributed by atoms with Crippen molar-refractivity contribution in [2.75, 3.05) is 20.1 Å². The minimum atomic E-state index is -0.499. The van der Waals surface area contributed by atoms with Gasteiger partial charge in [-0.3, -0.25) is 4.79 Å². The predicted octanol–water partition coefficient (Wildman–Crippen LogP) is 2.07. The lowest BCUT2D eigenvalue weighted by Crippen LogP contribution is -2.65. The number of carbonyl (C=O) groups is 2. The summed E-state index contributed by atoms with van der Waals surface area (Å²) in [6.45, 7) is 13.6. The van der Waals surface area contributed by atoms with Gasteiger partial charge in [-0.1, -0.05) is 19.9 Å². The van der Waals surface area contributed by atoms with Gasteiger partial charge >= 0.3 is 13.1 Å². The summed E-state index contributed by atoms with van der Waals surface area (Å²) in [7, 11) is 1.19. The minimum Gasteiger partial charge on any atom is -0.404 e. The number of amides is 3. The summed E-state index contributed by atoms with van der Waals surface area (Å²) in [5, 5.41) is 3.09. The van der Waals surface area contributed by atoms with E-state index in [1.54, 1.807) is 18.0 Å². The van der Waals surface area contributed by atoms with Gasteiger partial charge in [0.05, 0.1) is 24.2 Å². The molecule has 7 nitrogen and oxygen atoms in total. The molecule has 160 valence electrons. The number of carbonyl (C=O) groups excluding carboxylic acids is 2. The third-order valence-electron chi connectivity index (χ3n) is 8.16. The molecule has 5 aliphatic rings. The summed E-state index contributed by atoms with van der Waals surface area (Å²) >= 11 is 0. The lowest BCUT2D eigenvalue weighted by atomic mass is 9.43. The zero-order valence-electron chi connectivity index (χ0n) is 18.3. The van der Waals surface area contributed by atoms with Gasteiger partial charge in [-0.05, 0) is 50.4 Å². The number of hydrogen-bond donors (Lipinski definition) is 1. The van der Waals surface area contributed by atoms with Gasteiger partial charge in [-0.2, -0.15) is 0 Å². The SMILES string of the molecule is C=CC[C@H](NC(=O)[C@@H]1CN(CC)C(=O)N1C)B1OC2CC3CC(C3(C)C)[C@]2(C)O1. The molecule has 0 aromatic rings. The van der Waals surface area contributed by atoms with E-state index in [0.29, 0.717) is 31.3 Å². The van der Waals surface area contributed by atoms with E-state index < -0.39 is 13.2 Å². The van der Waals surface area contributed by atoms with Crippen LogP contribution < -0.4 is 5.32 Å². The van der Waals surface area contributed by atoms with Gasteiger partial charge in [0.15, 0.2) is 0 Å². The van der Waals surface area contributed by atoms with Crippen molar-refractivity contribution in [1.82, 2.24) is 15.1 Å². The average Bonchev–Trinajstić information content (AvgIpc) is 3.17. The van der Waals surface area contributed by atoms with Crippen molar-refractivity contribution in [2.45, 2.75) is 70.6 Å². The molecule has 3 saturated carbocycles. The van der Waals surface area contributed by atoms with Crippen LogP contribution in [0.5, 0.6) is 0 Å². The molecule has 6 atom stereocenters. The highest BCUT2D eigenvalue weighted by Gasteiger charge is 2.68. The fraction of sp³-hybridized carbons (Fsp3) is 0.810. The zero-order chi connectivity index (χ0) is 21.1. The highest BCUT2D eigenvalue weighted by Crippen LogP contribution is 2.65. The number of hydrogen-bond acceptors (Lipinski definition) is 4. The van der Waals surface area contributed by atoms with E-state index in [-0.39, 0.29) is 35.0 Å². The van der Waals surface area contributed by atoms with Crippen molar-refractivity contribution in [3.05, 3.63) is 12.7 Å². The second kappa shape index (κ2) is 7.01. The lowest BCUT2D eigenvalue weighted by Gasteiger charge is -2.64. The number of likely N-dealkylation sites (N-methyl/N-ethyl adjacent to an activating group) is 2. The highest BCUT2D eigenvalue weighted by atomic mass is 16.7. The van der Waals surface area contributed by atoms with Gasteiger partial charge in [-0.25, -0.2) is 4.79 Å². The molecule has 8 heteroatoms. The third-order valence-corrected chi connectivity index (χ3v) is 8.16. The van der Waals surface area contributed by atoms with E-state index in [2.05, 4.69) is 32.7 Å². The molecular formula is C21H34BN3O4. The molecule has 3 amide bonds. The molecule has 2 bridgehead atoms. The smallest absolute Gasteiger partial charge is 0.404 e. The Morgan fingerprint density at radius 1 is 1.41 bits per heavy atom. The normalized spacial score (nSPS) is 38.5. The van der Waals surface area contributed by atoms with Crippen molar-refractivity contribution in [3.8, 4) is 0 Å². The Hall–Kier alpha value is -1.54. The molecule has 29 heavy (non-hydrogen) atoms. The number of nitrogens with zero attached hydrogens (tertiary/aromatic N) is 2. The average molecular weight is 403 g/mol. The zero-order valence-corrected chi connectivity index (χ0v) is 18.3. The second-order valence-corrected chi connectivity index (χ2v) is 9.92. The van der Waals surface area contributed by atoms with Gasteiger partial charge in [0.1, 0.15) is 6.04 Å². The Labute approximate surface area is 174 Å². The van der Waals surface area contributed by atoms with Gasteiger partial charge in [0, 0.05) is 13.6 Å². The molecule has 1 N–H and O–H groups in total. The summed E-state index contributed by atoms with van der Waals surface area (Å²) < 4.78 is 12.9. The van der Waals surface area contributed by atoms with Crippen LogP contribution in [0.25, 0.3) is 0 Å². The fourth-order valence-electron chi connectivity index (χ4n) is 6.06. The molecule has 0 spiro atoms. The van der Waals surface area contributed by atoms with Crippen molar-refractivity contribution in [1.29, 1.82) is 0 Å². The molecule has 5 fully saturated rings. The van der Waals surface area contributed by atoms with Gasteiger partial charge < -0.3 is 24.4 Å². The van der Waals surface area contributed by atoms with E-state index in [1.807, 2.05) is 6.92 Å². The molecule has 3 unspecified atom stereocenters. The molecule has 5 rings (SSSR count). The molecule has 3 aliphatic carbocycles. The Morgan fingerprint density at radius 3 is 2.72 bits per heavy atom. The Kier molecular flexibility index (Phi) is 5.01. The van der Waals surface area contributed by atoms with Crippen molar-refractivity contribution in [2.24, 2.45) is 17.3 Å². The molecule has 2 heterocycles. The van der Waals surface area contributed by atoms with Gasteiger partial charge in [0.2, 0.25) is 5.91 Å². The van der Waals surface area contributed by atoms with E-state index in [4.69, 9.17) is 9.31 Å². The van der Waals surface area contributed by atoms with E-state index in [1.165, 1.54) is 11.3 Å². The summed E-state index contributed by atoms with van der Waals surface area (Å²) in [6, 6.07) is -0.609. The Bertz CT molecular complexity index is 716. The molecule has 0 radical (unpaired) electrons. The van der Waals surface area contributed by atoms with Crippen LogP contribution in [0.2, 0.25) is 0 Å². The second-order valence-electron chi connectivity index (χ2n) is 9.92. The monoisotopic (exact) mass is 403 g/mol. The van der Waals surface area contributed by atoms with Crippen LogP contribution in [0.4, 0.5) is 4.79 Å². The third kappa shape index (κ3) is 3.02. The summed E-state index contributed by atoms with van der Waals surface area (Å²) in [6.07, 6.45) is 4.61. The first-order chi connectivity index (χ1) is 13.6. The maximum Gasteiger partial charge on any atom is 0.482 e. The van der Waals surface area contributed by atoms with Crippen molar-refractivity contribution >= 4 is 19.1 Å². The van der Waals surface area contributed by atoms with Crippen LogP contribution in [-0.4, -0.2) is 72.7 Å². The topological polar surface area (TPSA) is 71.1 Å². The highest BCUT2D eigenvalue weighted by molar-refractivity contribution is 6.48. The lowest BCUT2D eigenvalue weighted by molar-refractivity contribution is -0.199. The summed E-state index contributed by atoms with van der Waals surface area (Å²) in [5.74, 6) is 0.668. The van der Waals surface area contributed by atoms with Gasteiger partial charge in [0.25, 0.3) is 0 Å². The van der Waals surface area contributed by atoms with Crippen LogP contribution in [0.3, 0.4) is 0 Å². The standard InChI is InChI=1S/C21H34BN3O4/c1-7-9-17(23-18(26)14-12-25(8-2)19(27)24(14)6)22-28-16-11-13-10-15(20(13,3)4)21(16,5)29-22/h7,13-17H,1,8-12H2,2-6H3,(H,23,26)/t13?,14-,15?,16?,17-,21-/m0/s1. The fourth-order valence-corrected chi connectivity index (χ4v) is 6.06. The Morgan fingerprint density at radius 2 is 2.14 bits per heavy atom. The van der Waals surface area contributed by atoms with Crippen LogP contribution in [0.15, 0.2) is 12.7 Å². The Balaban J connectivity index is 1.46. The van der Waals surface area contributed by atoms with Gasteiger partial charge in [-0.15, -0.1) is 6.58 Å². The van der Waals surface area contributed by atoms with E-state index in [9.17, 15) is 9.59 Å². The first kappa shape index (κ1) is 20.7. The van der Waals surface area contributed by atoms with Crippen LogP contribution in [0.1, 0.15) is 47.0 Å². The van der Waals surface area contributed by atoms with Crippen LogP contribution in [-0.2, 0) is 14.1 Å². The van der Waals surface area contributed by atoms with Crippen LogP contribution >= 0.6 is 0 Å². The quantitative estimate of drug-likeness (QED) is 0.545. The maximum atomic E-state index is 13.0. The molecular weight excluding hydrogens is 369 g/mol. The predicted molar refractivity (Wildman–Crippen MR) is 111 cm³/mol. The van der Waals surface area contributed by atoms with Crippen molar-refractivity contribution < 1.29 is 18.9 Å². The molecule has 2 saturated heterocycles. The number of urea groups is 1. The molecule has 0 aromatic heterocycles. The summed E-state index contributed by atoms with van der Waals surface area (Å²) in [4.78, 5) is 28.4. The molecule has 2 aliphatic heterocycles. The van der Waals surface area contributed by atoms with Crippen molar-refractivity contribution in [3.63, 3.8) is 0 Å². The van der Waals surface area contributed by atoms with E-state index in [0.717, 1.165) is 6.42 Å². The largest absolute Gasteiger partial charge is 0.482 e. The molecule has 0 aromatic carbocycles. The first-order valence-corrected chi connectivity index (χ1v) is 10.9. The number of rotatable bonds is 6. The first-order valence-electron chi connectivity index (χ1n) is 10.9. The number of nitrogens with one attached hydrogen (secondary N) is 1. The minimum absolute atomic E-state index is 0.0693. The van der Waals surface area contributed by atoms with E-state index >= 15 is 0 Å². The summed E-state index contributed by atoms with van der Waals surface area (Å²) in [5.41, 5.74) is -0.0383. The maximum absolute atomic E-state index is 13.0.